The summed E-state index contributed by atoms with van der Waals surface area (Å²) >= 11 is 0. The fourth-order valence-corrected chi connectivity index (χ4v) is 3.13. The van der Waals surface area contributed by atoms with E-state index in [-0.39, 0.29) is 24.4 Å². The Labute approximate surface area is 208 Å². The molecule has 0 radical (unpaired) electrons. The van der Waals surface area contributed by atoms with E-state index in [0.29, 0.717) is 5.56 Å². The van der Waals surface area contributed by atoms with Crippen molar-refractivity contribution in [3.05, 3.63) is 48.0 Å². The summed E-state index contributed by atoms with van der Waals surface area (Å²) < 4.78 is 26.1. The van der Waals surface area contributed by atoms with Gasteiger partial charge in [0, 0.05) is 24.3 Å². The zero-order valence-corrected chi connectivity index (χ0v) is 20.7. The van der Waals surface area contributed by atoms with Crippen LogP contribution < -0.4 is 10.6 Å². The number of benzene rings is 2. The highest BCUT2D eigenvalue weighted by Crippen LogP contribution is 2.26. The standard InChI is InChI=1S/C15H15NO2.C11H17F2NO4/c1-10(11(2)17)16-15(18)14-9-5-7-12-6-3-4-8-13(12)14;1-3-11(12,13)5-7(2)10(18)14-8(6-15)4-9(16)17/h3-10H,1-2H3,(H,16,18);6-8H,3-5H2,1-2H3,(H,14,18)(H,16,17)/t;7-,8?/m.0/s1. The van der Waals surface area contributed by atoms with E-state index >= 15 is 0 Å². The van der Waals surface area contributed by atoms with Crippen molar-refractivity contribution in [2.24, 2.45) is 5.92 Å². The number of alkyl halides is 2. The molecule has 0 heterocycles. The van der Waals surface area contributed by atoms with Crippen LogP contribution in [0.4, 0.5) is 8.78 Å². The lowest BCUT2D eigenvalue weighted by molar-refractivity contribution is -0.139. The maximum absolute atomic E-state index is 13.0. The van der Waals surface area contributed by atoms with Crippen molar-refractivity contribution in [1.29, 1.82) is 0 Å². The number of hydrogen-bond donors (Lipinski definition) is 3. The predicted molar refractivity (Wildman–Crippen MR) is 131 cm³/mol. The first kappa shape index (κ1) is 30.3. The molecule has 0 aliphatic carbocycles. The normalized spacial score (nSPS) is 13.4. The Bertz CT molecular complexity index is 1080. The van der Waals surface area contributed by atoms with E-state index in [4.69, 9.17) is 5.11 Å². The van der Waals surface area contributed by atoms with Crippen LogP contribution in [-0.4, -0.2) is 53.0 Å². The molecule has 36 heavy (non-hydrogen) atoms. The number of nitrogens with one attached hydrogen (secondary N) is 2. The zero-order valence-electron chi connectivity index (χ0n) is 20.7. The second-order valence-electron chi connectivity index (χ2n) is 8.50. The molecule has 0 saturated heterocycles. The summed E-state index contributed by atoms with van der Waals surface area (Å²) in [5.74, 6) is -6.20. The molecule has 3 atom stereocenters. The van der Waals surface area contributed by atoms with Crippen LogP contribution in [0.2, 0.25) is 0 Å². The number of Topliss-reactive ketones (excluding diaryl/α,β-unsaturated/α-hetero) is 1. The number of carboxylic acids is 1. The third-order valence-corrected chi connectivity index (χ3v) is 5.45. The van der Waals surface area contributed by atoms with Gasteiger partial charge in [0.2, 0.25) is 11.8 Å². The number of aldehydes is 1. The molecular weight excluding hydrogens is 474 g/mol. The molecule has 2 rings (SSSR count). The molecule has 0 aliphatic rings. The third kappa shape index (κ3) is 9.89. The van der Waals surface area contributed by atoms with Gasteiger partial charge in [-0.3, -0.25) is 19.2 Å². The molecular formula is C26H32F2N2O6. The minimum atomic E-state index is -2.94. The first-order valence-electron chi connectivity index (χ1n) is 11.5. The van der Waals surface area contributed by atoms with E-state index in [1.165, 1.54) is 20.8 Å². The van der Waals surface area contributed by atoms with E-state index in [2.05, 4.69) is 10.6 Å². The van der Waals surface area contributed by atoms with E-state index in [1.807, 2.05) is 36.4 Å². The van der Waals surface area contributed by atoms with Gasteiger partial charge in [0.1, 0.15) is 6.29 Å². The van der Waals surface area contributed by atoms with Crippen LogP contribution in [0, 0.1) is 5.92 Å². The minimum Gasteiger partial charge on any atom is -0.481 e. The fraction of sp³-hybridized carbons (Fsp3) is 0.423. The van der Waals surface area contributed by atoms with Gasteiger partial charge in [-0.1, -0.05) is 50.2 Å². The predicted octanol–water partition coefficient (Wildman–Crippen LogP) is 3.76. The van der Waals surface area contributed by atoms with Crippen molar-refractivity contribution >= 4 is 40.6 Å². The van der Waals surface area contributed by atoms with Gasteiger partial charge in [-0.2, -0.15) is 0 Å². The number of amides is 2. The topological polar surface area (TPSA) is 130 Å². The van der Waals surface area contributed by atoms with Crippen molar-refractivity contribution in [3.63, 3.8) is 0 Å². The molecule has 0 bridgehead atoms. The quantitative estimate of drug-likeness (QED) is 0.398. The van der Waals surface area contributed by atoms with E-state index < -0.39 is 48.6 Å². The van der Waals surface area contributed by atoms with Gasteiger partial charge in [-0.15, -0.1) is 0 Å². The molecule has 0 aliphatic heterocycles. The summed E-state index contributed by atoms with van der Waals surface area (Å²) in [5.41, 5.74) is 0.598. The highest BCUT2D eigenvalue weighted by Gasteiger charge is 2.32. The van der Waals surface area contributed by atoms with Gasteiger partial charge in [-0.05, 0) is 30.7 Å². The smallest absolute Gasteiger partial charge is 0.305 e. The third-order valence-electron chi connectivity index (χ3n) is 5.45. The molecule has 8 nitrogen and oxygen atoms in total. The number of ketones is 1. The molecule has 3 N–H and O–H groups in total. The Morgan fingerprint density at radius 3 is 2.19 bits per heavy atom. The van der Waals surface area contributed by atoms with E-state index in [0.717, 1.165) is 10.8 Å². The average Bonchev–Trinajstić information content (AvgIpc) is 2.82. The maximum Gasteiger partial charge on any atom is 0.305 e. The molecule has 2 aromatic rings. The summed E-state index contributed by atoms with van der Waals surface area (Å²) in [6.45, 7) is 5.77. The number of halogens is 2. The Morgan fingerprint density at radius 2 is 1.64 bits per heavy atom. The van der Waals surface area contributed by atoms with Crippen LogP contribution >= 0.6 is 0 Å². The maximum atomic E-state index is 13.0. The minimum absolute atomic E-state index is 0.0522. The highest BCUT2D eigenvalue weighted by molar-refractivity contribution is 6.08. The van der Waals surface area contributed by atoms with Gasteiger partial charge in [-0.25, -0.2) is 8.78 Å². The molecule has 0 aromatic heterocycles. The molecule has 2 aromatic carbocycles. The van der Waals surface area contributed by atoms with Gasteiger partial charge in [0.15, 0.2) is 5.78 Å². The van der Waals surface area contributed by atoms with Gasteiger partial charge in [0.05, 0.1) is 18.5 Å². The number of aliphatic carboxylic acids is 1. The van der Waals surface area contributed by atoms with Crippen LogP contribution in [0.25, 0.3) is 10.8 Å². The number of hydrogen-bond acceptors (Lipinski definition) is 5. The van der Waals surface area contributed by atoms with Crippen LogP contribution in [0.3, 0.4) is 0 Å². The van der Waals surface area contributed by atoms with Crippen molar-refractivity contribution in [3.8, 4) is 0 Å². The van der Waals surface area contributed by atoms with E-state index in [9.17, 15) is 32.8 Å². The lowest BCUT2D eigenvalue weighted by Crippen LogP contribution is -2.41. The lowest BCUT2D eigenvalue weighted by Gasteiger charge is -2.20. The molecule has 2 amide bonds. The number of rotatable bonds is 11. The second-order valence-corrected chi connectivity index (χ2v) is 8.50. The molecule has 0 spiro atoms. The molecule has 0 saturated carbocycles. The van der Waals surface area contributed by atoms with Gasteiger partial charge in [0.25, 0.3) is 5.91 Å². The van der Waals surface area contributed by atoms with Gasteiger partial charge < -0.3 is 20.5 Å². The number of carbonyl (C=O) groups is 5. The van der Waals surface area contributed by atoms with Crippen molar-refractivity contribution in [2.75, 3.05) is 0 Å². The van der Waals surface area contributed by atoms with Crippen LogP contribution in [0.1, 0.15) is 57.3 Å². The monoisotopic (exact) mass is 506 g/mol. The Hall–Kier alpha value is -3.69. The van der Waals surface area contributed by atoms with Gasteiger partial charge >= 0.3 is 5.97 Å². The second kappa shape index (κ2) is 14.0. The average molecular weight is 507 g/mol. The largest absolute Gasteiger partial charge is 0.481 e. The number of fused-ring (bicyclic) bond motifs is 1. The Kier molecular flexibility index (Phi) is 11.8. The fourth-order valence-electron chi connectivity index (χ4n) is 3.13. The zero-order chi connectivity index (χ0) is 27.5. The van der Waals surface area contributed by atoms with Crippen molar-refractivity contribution in [2.45, 2.75) is 65.0 Å². The SMILES string of the molecule is CC(=O)C(C)NC(=O)c1cccc2ccccc12.CCC(F)(F)C[C@H](C)C(=O)NC(C=O)CC(=O)O. The molecule has 2 unspecified atom stereocenters. The summed E-state index contributed by atoms with van der Waals surface area (Å²) in [5, 5.41) is 15.2. The van der Waals surface area contributed by atoms with E-state index in [1.54, 1.807) is 13.0 Å². The molecule has 10 heteroatoms. The van der Waals surface area contributed by atoms with Crippen LogP contribution in [0.15, 0.2) is 42.5 Å². The summed E-state index contributed by atoms with van der Waals surface area (Å²) in [6.07, 6.45) is -1.30. The summed E-state index contributed by atoms with van der Waals surface area (Å²) in [4.78, 5) is 55.6. The molecule has 0 fully saturated rings. The first-order valence-corrected chi connectivity index (χ1v) is 11.5. The van der Waals surface area contributed by atoms with Crippen molar-refractivity contribution in [1.82, 2.24) is 10.6 Å². The Morgan fingerprint density at radius 1 is 1.03 bits per heavy atom. The molecule has 196 valence electrons. The Balaban J connectivity index is 0.000000360. The first-order chi connectivity index (χ1) is 16.8. The number of carboxylic acid groups (broad SMARTS) is 1. The summed E-state index contributed by atoms with van der Waals surface area (Å²) in [6, 6.07) is 11.6. The lowest BCUT2D eigenvalue weighted by atomic mass is 10.00. The van der Waals surface area contributed by atoms with Crippen LogP contribution in [-0.2, 0) is 19.2 Å². The highest BCUT2D eigenvalue weighted by atomic mass is 19.3. The van der Waals surface area contributed by atoms with Crippen LogP contribution in [0.5, 0.6) is 0 Å². The number of carbonyl (C=O) groups excluding carboxylic acids is 4. The van der Waals surface area contributed by atoms with Crippen molar-refractivity contribution < 1.29 is 37.9 Å². The summed E-state index contributed by atoms with van der Waals surface area (Å²) in [7, 11) is 0.